The Morgan fingerprint density at radius 2 is 1.94 bits per heavy atom. The Morgan fingerprint density at radius 1 is 1.28 bits per heavy atom. The molecule has 0 saturated carbocycles. The van der Waals surface area contributed by atoms with Crippen LogP contribution in [0.5, 0.6) is 0 Å². The van der Waals surface area contributed by atoms with E-state index in [-0.39, 0.29) is 13.0 Å². The van der Waals surface area contributed by atoms with Crippen LogP contribution in [-0.2, 0) is 19.2 Å². The molecule has 0 saturated heterocycles. The summed E-state index contributed by atoms with van der Waals surface area (Å²) in [5.74, 6) is -1.02. The molecule has 0 atom stereocenters. The van der Waals surface area contributed by atoms with Gasteiger partial charge < -0.3 is 9.57 Å². The first-order valence-electron chi connectivity index (χ1n) is 5.43. The minimum atomic E-state index is -0.515. The SMILES string of the molecule is C=C(C)C(=O)OCCC(=O)ONc1ccccc1. The number of hydrogen-bond acceptors (Lipinski definition) is 5. The van der Waals surface area contributed by atoms with Crippen LogP contribution < -0.4 is 5.48 Å². The van der Waals surface area contributed by atoms with Crippen molar-refractivity contribution in [2.24, 2.45) is 0 Å². The number of anilines is 1. The summed E-state index contributed by atoms with van der Waals surface area (Å²) in [6.45, 7) is 4.94. The molecule has 0 aliphatic carbocycles. The second-order valence-corrected chi connectivity index (χ2v) is 3.61. The predicted octanol–water partition coefficient (Wildman–Crippen LogP) is 2.07. The van der Waals surface area contributed by atoms with Gasteiger partial charge >= 0.3 is 11.9 Å². The molecule has 0 heterocycles. The van der Waals surface area contributed by atoms with Crippen molar-refractivity contribution in [3.05, 3.63) is 42.5 Å². The van der Waals surface area contributed by atoms with Gasteiger partial charge in [0, 0.05) is 5.57 Å². The van der Waals surface area contributed by atoms with Gasteiger partial charge in [-0.25, -0.2) is 15.1 Å². The lowest BCUT2D eigenvalue weighted by atomic mass is 10.3. The van der Waals surface area contributed by atoms with Crippen molar-refractivity contribution in [3.8, 4) is 0 Å². The van der Waals surface area contributed by atoms with Crippen LogP contribution in [0.4, 0.5) is 5.69 Å². The number of para-hydroxylation sites is 1. The van der Waals surface area contributed by atoms with E-state index in [0.717, 1.165) is 0 Å². The first-order valence-corrected chi connectivity index (χ1v) is 5.43. The van der Waals surface area contributed by atoms with Crippen LogP contribution >= 0.6 is 0 Å². The monoisotopic (exact) mass is 249 g/mol. The lowest BCUT2D eigenvalue weighted by Crippen LogP contribution is -2.14. The molecule has 0 radical (unpaired) electrons. The Bertz CT molecular complexity index is 428. The van der Waals surface area contributed by atoms with Crippen molar-refractivity contribution in [2.75, 3.05) is 12.1 Å². The summed E-state index contributed by atoms with van der Waals surface area (Å²) < 4.78 is 4.76. The van der Waals surface area contributed by atoms with E-state index < -0.39 is 11.9 Å². The average molecular weight is 249 g/mol. The fraction of sp³-hybridized carbons (Fsp3) is 0.231. The third-order valence-corrected chi connectivity index (χ3v) is 1.94. The summed E-state index contributed by atoms with van der Waals surface area (Å²) >= 11 is 0. The molecule has 1 aromatic carbocycles. The maximum absolute atomic E-state index is 11.3. The molecule has 5 heteroatoms. The molecule has 0 aromatic heterocycles. The number of carbonyl (C=O) groups excluding carboxylic acids is 2. The summed E-state index contributed by atoms with van der Waals surface area (Å²) in [7, 11) is 0. The van der Waals surface area contributed by atoms with E-state index in [9.17, 15) is 9.59 Å². The maximum Gasteiger partial charge on any atom is 0.335 e. The minimum absolute atomic E-state index is 0.0150. The van der Waals surface area contributed by atoms with Gasteiger partial charge in [-0.2, -0.15) is 0 Å². The van der Waals surface area contributed by atoms with Gasteiger partial charge in [0.15, 0.2) is 0 Å². The van der Waals surface area contributed by atoms with Gasteiger partial charge in [-0.15, -0.1) is 0 Å². The fourth-order valence-corrected chi connectivity index (χ4v) is 1.02. The van der Waals surface area contributed by atoms with Gasteiger partial charge in [0.1, 0.15) is 6.61 Å². The molecule has 0 aliphatic rings. The lowest BCUT2D eigenvalue weighted by Gasteiger charge is -2.07. The Hall–Kier alpha value is -2.30. The van der Waals surface area contributed by atoms with E-state index in [1.807, 2.05) is 18.2 Å². The van der Waals surface area contributed by atoms with Crippen molar-refractivity contribution in [2.45, 2.75) is 13.3 Å². The molecule has 0 amide bonds. The molecule has 0 bridgehead atoms. The number of benzene rings is 1. The zero-order valence-corrected chi connectivity index (χ0v) is 10.1. The van der Waals surface area contributed by atoms with E-state index in [1.54, 1.807) is 12.1 Å². The van der Waals surface area contributed by atoms with Crippen LogP contribution in [0.2, 0.25) is 0 Å². The number of nitrogens with one attached hydrogen (secondary N) is 1. The molecule has 5 nitrogen and oxygen atoms in total. The number of rotatable bonds is 6. The molecule has 1 N–H and O–H groups in total. The highest BCUT2D eigenvalue weighted by atomic mass is 16.7. The van der Waals surface area contributed by atoms with Crippen LogP contribution in [0.1, 0.15) is 13.3 Å². The van der Waals surface area contributed by atoms with E-state index in [0.29, 0.717) is 11.3 Å². The highest BCUT2D eigenvalue weighted by Gasteiger charge is 2.07. The van der Waals surface area contributed by atoms with Crippen molar-refractivity contribution >= 4 is 17.6 Å². The summed E-state index contributed by atoms with van der Waals surface area (Å²) in [6.07, 6.45) is -0.0150. The van der Waals surface area contributed by atoms with E-state index in [1.165, 1.54) is 6.92 Å². The second-order valence-electron chi connectivity index (χ2n) is 3.61. The fourth-order valence-electron chi connectivity index (χ4n) is 1.02. The second kappa shape index (κ2) is 7.11. The molecule has 18 heavy (non-hydrogen) atoms. The number of esters is 1. The van der Waals surface area contributed by atoms with E-state index in [4.69, 9.17) is 9.57 Å². The number of hydrogen-bond donors (Lipinski definition) is 1. The molecule has 1 rings (SSSR count). The van der Waals surface area contributed by atoms with Crippen LogP contribution in [0.3, 0.4) is 0 Å². The summed E-state index contributed by atoms with van der Waals surface area (Å²) in [5.41, 5.74) is 3.47. The van der Waals surface area contributed by atoms with E-state index in [2.05, 4.69) is 12.1 Å². The highest BCUT2D eigenvalue weighted by molar-refractivity contribution is 5.87. The standard InChI is InChI=1S/C13H15NO4/c1-10(2)13(16)17-9-8-12(15)18-14-11-6-4-3-5-7-11/h3-7,14H,1,8-9H2,2H3. The van der Waals surface area contributed by atoms with Crippen LogP contribution in [0, 0.1) is 0 Å². The highest BCUT2D eigenvalue weighted by Crippen LogP contribution is 2.05. The van der Waals surface area contributed by atoms with Gasteiger partial charge in [-0.1, -0.05) is 24.8 Å². The molecule has 1 aromatic rings. The van der Waals surface area contributed by atoms with Crippen molar-refractivity contribution in [1.82, 2.24) is 0 Å². The normalized spacial score (nSPS) is 9.39. The largest absolute Gasteiger partial charge is 0.462 e. The first kappa shape index (κ1) is 13.8. The smallest absolute Gasteiger partial charge is 0.335 e. The van der Waals surface area contributed by atoms with Crippen molar-refractivity contribution in [3.63, 3.8) is 0 Å². The first-order chi connectivity index (χ1) is 8.59. The quantitative estimate of drug-likeness (QED) is 0.475. The Balaban J connectivity index is 2.19. The van der Waals surface area contributed by atoms with Gasteiger partial charge in [0.25, 0.3) is 0 Å². The topological polar surface area (TPSA) is 64.6 Å². The molecule has 0 spiro atoms. The summed E-state index contributed by atoms with van der Waals surface area (Å²) in [6, 6.07) is 8.99. The third-order valence-electron chi connectivity index (χ3n) is 1.94. The van der Waals surface area contributed by atoms with Crippen LogP contribution in [-0.4, -0.2) is 18.5 Å². The molecule has 96 valence electrons. The van der Waals surface area contributed by atoms with Crippen LogP contribution in [0.25, 0.3) is 0 Å². The van der Waals surface area contributed by atoms with Gasteiger partial charge in [0.05, 0.1) is 12.1 Å². The molecule has 0 aliphatic heterocycles. The number of carbonyl (C=O) groups is 2. The van der Waals surface area contributed by atoms with Crippen LogP contribution in [0.15, 0.2) is 42.5 Å². The molecule has 0 unspecified atom stereocenters. The van der Waals surface area contributed by atoms with Crippen molar-refractivity contribution in [1.29, 1.82) is 0 Å². The Labute approximate surface area is 105 Å². The maximum atomic E-state index is 11.3. The van der Waals surface area contributed by atoms with Gasteiger partial charge in [-0.05, 0) is 19.1 Å². The zero-order chi connectivity index (χ0) is 13.4. The van der Waals surface area contributed by atoms with Crippen molar-refractivity contribution < 1.29 is 19.2 Å². The molecule has 0 fully saturated rings. The summed E-state index contributed by atoms with van der Waals surface area (Å²) in [4.78, 5) is 27.1. The van der Waals surface area contributed by atoms with E-state index >= 15 is 0 Å². The minimum Gasteiger partial charge on any atom is -0.462 e. The molecular weight excluding hydrogens is 234 g/mol. The third kappa shape index (κ3) is 5.16. The zero-order valence-electron chi connectivity index (χ0n) is 10.1. The van der Waals surface area contributed by atoms with Gasteiger partial charge in [0.2, 0.25) is 0 Å². The van der Waals surface area contributed by atoms with Gasteiger partial charge in [-0.3, -0.25) is 0 Å². The molecular formula is C13H15NO4. The average Bonchev–Trinajstić information content (AvgIpc) is 2.37. The summed E-state index contributed by atoms with van der Waals surface area (Å²) in [5, 5.41) is 0. The lowest BCUT2D eigenvalue weighted by molar-refractivity contribution is -0.145. The predicted molar refractivity (Wildman–Crippen MR) is 66.5 cm³/mol. The Kier molecular flexibility index (Phi) is 5.44. The Morgan fingerprint density at radius 3 is 2.56 bits per heavy atom. The number of ether oxygens (including phenoxy) is 1.